The molecule has 0 aliphatic heterocycles. The lowest BCUT2D eigenvalue weighted by molar-refractivity contribution is -0.137. The number of rotatable bonds is 5. The third-order valence-corrected chi connectivity index (χ3v) is 6.85. The number of aromatic carboxylic acids is 1. The number of carboxylic acids is 1. The second-order valence-corrected chi connectivity index (χ2v) is 10.0. The van der Waals surface area contributed by atoms with E-state index in [1.54, 1.807) is 18.3 Å². The predicted octanol–water partition coefficient (Wildman–Crippen LogP) is 4.80. The summed E-state index contributed by atoms with van der Waals surface area (Å²) in [5.41, 5.74) is 0.670. The number of carboxylic acid groups (broad SMARTS) is 1. The zero-order valence-corrected chi connectivity index (χ0v) is 18.1. The van der Waals surface area contributed by atoms with Gasteiger partial charge in [0, 0.05) is 23.2 Å². The number of alkyl halides is 3. The second kappa shape index (κ2) is 7.75. The molecule has 32 heavy (non-hydrogen) atoms. The maximum atomic E-state index is 13.3. The zero-order chi connectivity index (χ0) is 23.3. The highest BCUT2D eigenvalue weighted by molar-refractivity contribution is 7.90. The van der Waals surface area contributed by atoms with Crippen LogP contribution in [0, 0.1) is 0 Å². The molecule has 2 aromatic carbocycles. The molecule has 1 N–H and O–H groups in total. The van der Waals surface area contributed by atoms with Gasteiger partial charge in [0.15, 0.2) is 20.7 Å². The van der Waals surface area contributed by atoms with E-state index in [4.69, 9.17) is 5.11 Å². The van der Waals surface area contributed by atoms with Gasteiger partial charge in [0.05, 0.1) is 16.0 Å². The topological polar surface area (TPSA) is 89.3 Å². The summed E-state index contributed by atoms with van der Waals surface area (Å²) in [5, 5.41) is 11.2. The Bertz CT molecular complexity index is 1440. The van der Waals surface area contributed by atoms with Crippen molar-refractivity contribution < 1.29 is 31.5 Å². The first-order valence-corrected chi connectivity index (χ1v) is 11.9. The summed E-state index contributed by atoms with van der Waals surface area (Å²) < 4.78 is 64.7. The zero-order valence-electron chi connectivity index (χ0n) is 16.4. The first-order valence-electron chi connectivity index (χ1n) is 9.13. The molecule has 0 fully saturated rings. The van der Waals surface area contributed by atoms with E-state index in [-0.39, 0.29) is 21.2 Å². The van der Waals surface area contributed by atoms with Crippen LogP contribution < -0.4 is 0 Å². The Labute approximate surface area is 184 Å². The van der Waals surface area contributed by atoms with Gasteiger partial charge in [0.1, 0.15) is 0 Å². The third-order valence-electron chi connectivity index (χ3n) is 4.88. The van der Waals surface area contributed by atoms with Crippen molar-refractivity contribution in [1.29, 1.82) is 0 Å². The molecule has 2 heterocycles. The Balaban J connectivity index is 1.83. The molecule has 6 nitrogen and oxygen atoms in total. The highest BCUT2D eigenvalue weighted by Crippen LogP contribution is 2.35. The van der Waals surface area contributed by atoms with Gasteiger partial charge in [-0.15, -0.1) is 11.3 Å². The Morgan fingerprint density at radius 3 is 2.41 bits per heavy atom. The van der Waals surface area contributed by atoms with Crippen molar-refractivity contribution in [2.45, 2.75) is 17.5 Å². The van der Waals surface area contributed by atoms with Crippen LogP contribution in [0.25, 0.3) is 16.0 Å². The van der Waals surface area contributed by atoms with Gasteiger partial charge in [-0.1, -0.05) is 18.2 Å². The lowest BCUT2D eigenvalue weighted by Gasteiger charge is -2.08. The Morgan fingerprint density at radius 1 is 1.16 bits per heavy atom. The van der Waals surface area contributed by atoms with Gasteiger partial charge >= 0.3 is 12.1 Å². The maximum absolute atomic E-state index is 13.3. The lowest BCUT2D eigenvalue weighted by Crippen LogP contribution is -2.05. The van der Waals surface area contributed by atoms with E-state index in [1.807, 2.05) is 0 Å². The molecule has 0 radical (unpaired) electrons. The van der Waals surface area contributed by atoms with E-state index in [1.165, 1.54) is 28.1 Å². The van der Waals surface area contributed by atoms with E-state index in [9.17, 15) is 26.4 Å². The number of fused-ring (bicyclic) bond motifs is 1. The summed E-state index contributed by atoms with van der Waals surface area (Å²) >= 11 is 1.01. The number of thiazole rings is 1. The van der Waals surface area contributed by atoms with Crippen molar-refractivity contribution in [2.75, 3.05) is 6.26 Å². The second-order valence-electron chi connectivity index (χ2n) is 7.17. The molecule has 0 bridgehead atoms. The average molecular weight is 480 g/mol. The van der Waals surface area contributed by atoms with Gasteiger partial charge in [-0.05, 0) is 41.8 Å². The summed E-state index contributed by atoms with van der Waals surface area (Å²) in [6.45, 7) is 0. The van der Waals surface area contributed by atoms with E-state index in [0.717, 1.165) is 35.3 Å². The fourth-order valence-electron chi connectivity index (χ4n) is 3.32. The van der Waals surface area contributed by atoms with E-state index < -0.39 is 27.5 Å². The highest BCUT2D eigenvalue weighted by Gasteiger charge is 2.31. The van der Waals surface area contributed by atoms with Crippen molar-refractivity contribution >= 4 is 38.0 Å². The fourth-order valence-corrected chi connectivity index (χ4v) is 4.74. The van der Waals surface area contributed by atoms with Crippen LogP contribution in [0.2, 0.25) is 0 Å². The normalized spacial score (nSPS) is 12.4. The van der Waals surface area contributed by atoms with Gasteiger partial charge in [0.25, 0.3) is 0 Å². The summed E-state index contributed by atoms with van der Waals surface area (Å²) in [5.74, 6) is -1.23. The fraction of sp³-hybridized carbons (Fsp3) is 0.143. The SMILES string of the molecule is CS(=O)(=O)c1ccc(Cc2cn(-c3nc(C(=O)O)cs3)c3cc(C(F)(F)F)ccc23)cc1. The molecule has 166 valence electrons. The van der Waals surface area contributed by atoms with E-state index >= 15 is 0 Å². The van der Waals surface area contributed by atoms with Crippen LogP contribution in [0.4, 0.5) is 13.2 Å². The number of aromatic nitrogens is 2. The molecule has 0 aliphatic rings. The monoisotopic (exact) mass is 480 g/mol. The third kappa shape index (κ3) is 4.26. The minimum absolute atomic E-state index is 0.169. The van der Waals surface area contributed by atoms with Crippen LogP contribution >= 0.6 is 11.3 Å². The largest absolute Gasteiger partial charge is 0.476 e. The van der Waals surface area contributed by atoms with Crippen molar-refractivity contribution in [3.05, 3.63) is 76.4 Å². The molecule has 4 rings (SSSR count). The summed E-state index contributed by atoms with van der Waals surface area (Å²) in [6.07, 6.45) is -1.48. The molecule has 11 heteroatoms. The van der Waals surface area contributed by atoms with Gasteiger partial charge in [-0.25, -0.2) is 18.2 Å². The molecule has 4 aromatic rings. The standard InChI is InChI=1S/C21H15F3N2O4S2/c1-32(29,30)15-5-2-12(3-6-15)8-13-10-26(20-25-17(11-31-20)19(27)28)18-9-14(21(22,23)24)4-7-16(13)18/h2-7,9-11H,8H2,1H3,(H,27,28). The number of nitrogens with zero attached hydrogens (tertiary/aromatic N) is 2. The lowest BCUT2D eigenvalue weighted by atomic mass is 10.0. The van der Waals surface area contributed by atoms with Crippen LogP contribution in [0.3, 0.4) is 0 Å². The summed E-state index contributed by atoms with van der Waals surface area (Å²) in [7, 11) is -3.35. The molecule has 0 atom stereocenters. The molecular formula is C21H15F3N2O4S2. The van der Waals surface area contributed by atoms with Gasteiger partial charge in [-0.3, -0.25) is 4.57 Å². The van der Waals surface area contributed by atoms with Crippen LogP contribution in [0.1, 0.15) is 27.2 Å². The number of hydrogen-bond donors (Lipinski definition) is 1. The summed E-state index contributed by atoms with van der Waals surface area (Å²) in [4.78, 5) is 15.4. The van der Waals surface area contributed by atoms with Gasteiger partial charge in [-0.2, -0.15) is 13.2 Å². The number of carbonyl (C=O) groups is 1. The number of halogens is 3. The molecule has 0 amide bonds. The van der Waals surface area contributed by atoms with Crippen molar-refractivity contribution in [2.24, 2.45) is 0 Å². The van der Waals surface area contributed by atoms with Crippen LogP contribution in [-0.2, 0) is 22.4 Å². The molecule has 2 aromatic heterocycles. The Morgan fingerprint density at radius 2 is 1.84 bits per heavy atom. The Hall–Kier alpha value is -3.18. The molecule has 0 unspecified atom stereocenters. The summed E-state index contributed by atoms with van der Waals surface area (Å²) in [6, 6.07) is 9.63. The number of sulfone groups is 1. The molecule has 0 spiro atoms. The van der Waals surface area contributed by atoms with Crippen molar-refractivity contribution in [1.82, 2.24) is 9.55 Å². The van der Waals surface area contributed by atoms with Crippen LogP contribution in [0.15, 0.2) is 58.9 Å². The van der Waals surface area contributed by atoms with Crippen LogP contribution in [0.5, 0.6) is 0 Å². The predicted molar refractivity (Wildman–Crippen MR) is 113 cm³/mol. The maximum Gasteiger partial charge on any atom is 0.416 e. The molecule has 0 saturated heterocycles. The first-order chi connectivity index (χ1) is 14.9. The highest BCUT2D eigenvalue weighted by atomic mass is 32.2. The number of hydrogen-bond acceptors (Lipinski definition) is 5. The van der Waals surface area contributed by atoms with Crippen LogP contribution in [-0.4, -0.2) is 35.3 Å². The average Bonchev–Trinajstić information content (AvgIpc) is 3.32. The van der Waals surface area contributed by atoms with Crippen molar-refractivity contribution in [3.8, 4) is 5.13 Å². The number of benzene rings is 2. The van der Waals surface area contributed by atoms with Gasteiger partial charge < -0.3 is 5.11 Å². The molecule has 0 aliphatic carbocycles. The first kappa shape index (κ1) is 22.0. The van der Waals surface area contributed by atoms with E-state index in [0.29, 0.717) is 17.4 Å². The molecule has 0 saturated carbocycles. The quantitative estimate of drug-likeness (QED) is 0.443. The minimum atomic E-state index is -4.54. The Kier molecular flexibility index (Phi) is 5.33. The smallest absolute Gasteiger partial charge is 0.416 e. The van der Waals surface area contributed by atoms with E-state index in [2.05, 4.69) is 4.98 Å². The van der Waals surface area contributed by atoms with Gasteiger partial charge in [0.2, 0.25) is 0 Å². The molecular weight excluding hydrogens is 465 g/mol. The minimum Gasteiger partial charge on any atom is -0.476 e. The van der Waals surface area contributed by atoms with Crippen molar-refractivity contribution in [3.63, 3.8) is 0 Å².